The monoisotopic (exact) mass is 272 g/mol. The van der Waals surface area contributed by atoms with Gasteiger partial charge < -0.3 is 4.90 Å². The Morgan fingerprint density at radius 1 is 1.40 bits per heavy atom. The molecule has 0 saturated carbocycles. The molecule has 0 spiro atoms. The van der Waals surface area contributed by atoms with E-state index in [9.17, 15) is 4.79 Å². The van der Waals surface area contributed by atoms with Crippen molar-refractivity contribution in [2.24, 2.45) is 0 Å². The molecule has 1 N–H and O–H groups in total. The van der Waals surface area contributed by atoms with Crippen LogP contribution in [0.25, 0.3) is 0 Å². The summed E-state index contributed by atoms with van der Waals surface area (Å²) < 4.78 is 0. The molecule has 0 saturated heterocycles. The second kappa shape index (κ2) is 5.45. The van der Waals surface area contributed by atoms with E-state index in [4.69, 9.17) is 0 Å². The van der Waals surface area contributed by atoms with Gasteiger partial charge in [0.2, 0.25) is 0 Å². The Bertz CT molecular complexity index is 583. The van der Waals surface area contributed by atoms with E-state index in [1.54, 1.807) is 24.3 Å². The second-order valence-corrected chi connectivity index (χ2v) is 5.94. The summed E-state index contributed by atoms with van der Waals surface area (Å²) in [4.78, 5) is 18.0. The highest BCUT2D eigenvalue weighted by molar-refractivity contribution is 5.92. The van der Waals surface area contributed by atoms with Crippen LogP contribution in [-0.2, 0) is 12.0 Å². The lowest BCUT2D eigenvalue weighted by molar-refractivity contribution is 0.0779. The van der Waals surface area contributed by atoms with Gasteiger partial charge in [0.15, 0.2) is 0 Å². The summed E-state index contributed by atoms with van der Waals surface area (Å²) in [6.07, 6.45) is 3.48. The normalized spacial score (nSPS) is 11.4. The molecule has 1 amide bonds. The van der Waals surface area contributed by atoms with Crippen LogP contribution in [0.2, 0.25) is 0 Å². The number of carbonyl (C=O) groups is 1. The molecule has 0 radical (unpaired) electrons. The molecule has 5 nitrogen and oxygen atoms in total. The van der Waals surface area contributed by atoms with Gasteiger partial charge in [0.1, 0.15) is 5.69 Å². The SMILES string of the molecule is CN(Cc1cccnc1)C(=O)c1cc(C(C)(C)C)[nH]n1. The summed E-state index contributed by atoms with van der Waals surface area (Å²) in [5.41, 5.74) is 2.35. The van der Waals surface area contributed by atoms with Crippen molar-refractivity contribution in [3.8, 4) is 0 Å². The van der Waals surface area contributed by atoms with E-state index in [0.29, 0.717) is 12.2 Å². The molecule has 5 heteroatoms. The molecule has 0 aliphatic carbocycles. The van der Waals surface area contributed by atoms with Crippen molar-refractivity contribution >= 4 is 5.91 Å². The predicted octanol–water partition coefficient (Wildman–Crippen LogP) is 2.37. The Morgan fingerprint density at radius 3 is 2.70 bits per heavy atom. The first-order valence-corrected chi connectivity index (χ1v) is 6.58. The molecular weight excluding hydrogens is 252 g/mol. The van der Waals surface area contributed by atoms with Gasteiger partial charge in [0.25, 0.3) is 5.91 Å². The third-order valence-corrected chi connectivity index (χ3v) is 3.09. The van der Waals surface area contributed by atoms with Crippen molar-refractivity contribution in [1.29, 1.82) is 0 Å². The summed E-state index contributed by atoms with van der Waals surface area (Å²) >= 11 is 0. The van der Waals surface area contributed by atoms with E-state index in [-0.39, 0.29) is 11.3 Å². The number of pyridine rings is 1. The number of H-pyrrole nitrogens is 1. The molecule has 0 fully saturated rings. The minimum Gasteiger partial charge on any atom is -0.336 e. The fraction of sp³-hybridized carbons (Fsp3) is 0.400. The number of amides is 1. The van der Waals surface area contributed by atoms with Crippen molar-refractivity contribution in [1.82, 2.24) is 20.1 Å². The number of hydrogen-bond acceptors (Lipinski definition) is 3. The van der Waals surface area contributed by atoms with Crippen molar-refractivity contribution in [3.63, 3.8) is 0 Å². The Morgan fingerprint density at radius 2 is 2.15 bits per heavy atom. The zero-order valence-corrected chi connectivity index (χ0v) is 12.3. The van der Waals surface area contributed by atoms with Crippen molar-refractivity contribution in [2.75, 3.05) is 7.05 Å². The van der Waals surface area contributed by atoms with Crippen LogP contribution in [-0.4, -0.2) is 33.0 Å². The smallest absolute Gasteiger partial charge is 0.274 e. The van der Waals surface area contributed by atoms with E-state index in [0.717, 1.165) is 11.3 Å². The quantitative estimate of drug-likeness (QED) is 0.933. The molecule has 0 atom stereocenters. The molecule has 2 aromatic rings. The highest BCUT2D eigenvalue weighted by Gasteiger charge is 2.21. The molecule has 0 aliphatic heterocycles. The first-order valence-electron chi connectivity index (χ1n) is 6.58. The summed E-state index contributed by atoms with van der Waals surface area (Å²) in [5, 5.41) is 7.05. The van der Waals surface area contributed by atoms with E-state index in [2.05, 4.69) is 36.0 Å². The minimum atomic E-state index is -0.0967. The molecule has 0 aromatic carbocycles. The highest BCUT2D eigenvalue weighted by Crippen LogP contribution is 2.20. The summed E-state index contributed by atoms with van der Waals surface area (Å²) in [7, 11) is 1.76. The van der Waals surface area contributed by atoms with Gasteiger partial charge in [-0.2, -0.15) is 5.10 Å². The molecule has 2 heterocycles. The van der Waals surface area contributed by atoms with Crippen LogP contribution in [0, 0.1) is 0 Å². The van der Waals surface area contributed by atoms with Gasteiger partial charge in [-0.1, -0.05) is 26.8 Å². The second-order valence-electron chi connectivity index (χ2n) is 5.94. The van der Waals surface area contributed by atoms with E-state index < -0.39 is 0 Å². The first kappa shape index (κ1) is 14.2. The van der Waals surface area contributed by atoms with Crippen LogP contribution in [0.15, 0.2) is 30.6 Å². The zero-order chi connectivity index (χ0) is 14.8. The van der Waals surface area contributed by atoms with Crippen LogP contribution in [0.3, 0.4) is 0 Å². The van der Waals surface area contributed by atoms with Gasteiger partial charge in [0, 0.05) is 37.1 Å². The van der Waals surface area contributed by atoms with E-state index >= 15 is 0 Å². The van der Waals surface area contributed by atoms with Crippen molar-refractivity contribution in [2.45, 2.75) is 32.7 Å². The maximum atomic E-state index is 12.3. The van der Waals surface area contributed by atoms with E-state index in [1.165, 1.54) is 0 Å². The Labute approximate surface area is 119 Å². The molecule has 0 unspecified atom stereocenters. The maximum Gasteiger partial charge on any atom is 0.274 e. The highest BCUT2D eigenvalue weighted by atomic mass is 16.2. The molecule has 0 bridgehead atoms. The van der Waals surface area contributed by atoms with Crippen LogP contribution in [0.4, 0.5) is 0 Å². The van der Waals surface area contributed by atoms with Crippen LogP contribution in [0.5, 0.6) is 0 Å². The molecule has 20 heavy (non-hydrogen) atoms. The maximum absolute atomic E-state index is 12.3. The average Bonchev–Trinajstić information content (AvgIpc) is 2.88. The van der Waals surface area contributed by atoms with Gasteiger partial charge in [-0.05, 0) is 17.7 Å². The molecule has 0 aliphatic rings. The zero-order valence-electron chi connectivity index (χ0n) is 12.3. The molecule has 106 valence electrons. The first-order chi connectivity index (χ1) is 9.38. The number of rotatable bonds is 3. The summed E-state index contributed by atoms with van der Waals surface area (Å²) in [6.45, 7) is 6.75. The average molecular weight is 272 g/mol. The van der Waals surface area contributed by atoms with Gasteiger partial charge in [-0.15, -0.1) is 0 Å². The number of aromatic amines is 1. The fourth-order valence-electron chi connectivity index (χ4n) is 1.85. The Hall–Kier alpha value is -2.17. The lowest BCUT2D eigenvalue weighted by Gasteiger charge is -2.16. The topological polar surface area (TPSA) is 61.9 Å². The third-order valence-electron chi connectivity index (χ3n) is 3.09. The van der Waals surface area contributed by atoms with Crippen LogP contribution < -0.4 is 0 Å². The number of nitrogens with one attached hydrogen (secondary N) is 1. The lowest BCUT2D eigenvalue weighted by atomic mass is 9.92. The molecule has 2 aromatic heterocycles. The number of aromatic nitrogens is 3. The fourth-order valence-corrected chi connectivity index (χ4v) is 1.85. The van der Waals surface area contributed by atoms with E-state index in [1.807, 2.05) is 18.2 Å². The largest absolute Gasteiger partial charge is 0.336 e. The Kier molecular flexibility index (Phi) is 3.88. The van der Waals surface area contributed by atoms with Crippen LogP contribution >= 0.6 is 0 Å². The molecular formula is C15H20N4O. The predicted molar refractivity (Wildman–Crippen MR) is 77.3 cm³/mol. The van der Waals surface area contributed by atoms with Crippen molar-refractivity contribution < 1.29 is 4.79 Å². The number of hydrogen-bond donors (Lipinski definition) is 1. The van der Waals surface area contributed by atoms with Gasteiger partial charge in [-0.3, -0.25) is 14.9 Å². The summed E-state index contributed by atoms with van der Waals surface area (Å²) in [5.74, 6) is -0.0967. The number of nitrogens with zero attached hydrogens (tertiary/aromatic N) is 3. The van der Waals surface area contributed by atoms with Crippen molar-refractivity contribution in [3.05, 3.63) is 47.5 Å². The Balaban J connectivity index is 2.09. The standard InChI is InChI=1S/C15H20N4O/c1-15(2,3)13-8-12(17-18-13)14(20)19(4)10-11-6-5-7-16-9-11/h5-9H,10H2,1-4H3,(H,17,18). The summed E-state index contributed by atoms with van der Waals surface area (Å²) in [6, 6.07) is 5.63. The minimum absolute atomic E-state index is 0.0482. The third kappa shape index (κ3) is 3.23. The number of carbonyl (C=O) groups excluding carboxylic acids is 1. The molecule has 2 rings (SSSR count). The van der Waals surface area contributed by atoms with Gasteiger partial charge in [-0.25, -0.2) is 0 Å². The van der Waals surface area contributed by atoms with Gasteiger partial charge >= 0.3 is 0 Å². The van der Waals surface area contributed by atoms with Crippen LogP contribution in [0.1, 0.15) is 42.5 Å². The lowest BCUT2D eigenvalue weighted by Crippen LogP contribution is -2.26. The van der Waals surface area contributed by atoms with Gasteiger partial charge in [0.05, 0.1) is 0 Å².